The van der Waals surface area contributed by atoms with Gasteiger partial charge in [-0.25, -0.2) is 13.6 Å². The molecule has 0 aliphatic carbocycles. The molecule has 0 radical (unpaired) electrons. The van der Waals surface area contributed by atoms with Gasteiger partial charge in [-0.1, -0.05) is 0 Å². The molecule has 0 saturated heterocycles. The molecule has 0 amide bonds. The summed E-state index contributed by atoms with van der Waals surface area (Å²) < 4.78 is 25.9. The number of primary sulfonamides is 1. The first-order valence-electron chi connectivity index (χ1n) is 5.40. The van der Waals surface area contributed by atoms with Gasteiger partial charge in [0.2, 0.25) is 0 Å². The van der Waals surface area contributed by atoms with E-state index in [-0.39, 0.29) is 11.2 Å². The average Bonchev–Trinajstić information content (AvgIpc) is 2.96. The van der Waals surface area contributed by atoms with Gasteiger partial charge < -0.3 is 0 Å². The molecule has 2 N–H and O–H groups in total. The molecule has 9 heteroatoms. The Morgan fingerprint density at radius 3 is 2.67 bits per heavy atom. The SMILES string of the molecule is CCn1c(C(C)n2cccn2)nnc1S(N)(=O)=O. The molecule has 0 aliphatic heterocycles. The molecule has 0 saturated carbocycles. The summed E-state index contributed by atoms with van der Waals surface area (Å²) in [7, 11) is -3.87. The molecule has 2 heterocycles. The zero-order valence-corrected chi connectivity index (χ0v) is 10.9. The molecule has 0 fully saturated rings. The third-order valence-electron chi connectivity index (χ3n) is 2.61. The molecule has 0 spiro atoms. The van der Waals surface area contributed by atoms with E-state index in [1.807, 2.05) is 6.92 Å². The standard InChI is InChI=1S/C9H14N6O2S/c1-3-14-8(7(2)15-6-4-5-11-15)12-13-9(14)18(10,16)17/h4-7H,3H2,1-2H3,(H2,10,16,17). The van der Waals surface area contributed by atoms with E-state index < -0.39 is 10.0 Å². The zero-order chi connectivity index (χ0) is 13.3. The third kappa shape index (κ3) is 2.14. The van der Waals surface area contributed by atoms with Crippen molar-refractivity contribution in [3.63, 3.8) is 0 Å². The number of nitrogens with zero attached hydrogens (tertiary/aromatic N) is 5. The lowest BCUT2D eigenvalue weighted by Gasteiger charge is -2.13. The lowest BCUT2D eigenvalue weighted by Crippen LogP contribution is -2.20. The first-order chi connectivity index (χ1) is 8.45. The zero-order valence-electron chi connectivity index (χ0n) is 10.1. The molecular weight excluding hydrogens is 256 g/mol. The number of hydrogen-bond donors (Lipinski definition) is 1. The molecule has 0 bridgehead atoms. The van der Waals surface area contributed by atoms with E-state index in [2.05, 4.69) is 15.3 Å². The fraction of sp³-hybridized carbons (Fsp3) is 0.444. The van der Waals surface area contributed by atoms with Gasteiger partial charge in [-0.15, -0.1) is 10.2 Å². The van der Waals surface area contributed by atoms with E-state index in [1.165, 1.54) is 4.57 Å². The van der Waals surface area contributed by atoms with Crippen LogP contribution in [0.1, 0.15) is 25.7 Å². The summed E-state index contributed by atoms with van der Waals surface area (Å²) in [6.45, 7) is 4.08. The molecule has 1 atom stereocenters. The lowest BCUT2D eigenvalue weighted by atomic mass is 10.3. The van der Waals surface area contributed by atoms with Crippen LogP contribution in [0.25, 0.3) is 0 Å². The highest BCUT2D eigenvalue weighted by molar-refractivity contribution is 7.89. The smallest absolute Gasteiger partial charge is 0.273 e. The Hall–Kier alpha value is -1.74. The molecule has 8 nitrogen and oxygen atoms in total. The molecule has 2 aromatic rings. The first kappa shape index (κ1) is 12.7. The van der Waals surface area contributed by atoms with Crippen LogP contribution in [0, 0.1) is 0 Å². The van der Waals surface area contributed by atoms with Crippen molar-refractivity contribution in [3.05, 3.63) is 24.3 Å². The maximum absolute atomic E-state index is 11.4. The van der Waals surface area contributed by atoms with Crippen LogP contribution in [-0.2, 0) is 16.6 Å². The maximum atomic E-state index is 11.4. The molecule has 1 unspecified atom stereocenters. The van der Waals surface area contributed by atoms with Gasteiger partial charge in [-0.2, -0.15) is 5.10 Å². The highest BCUT2D eigenvalue weighted by Gasteiger charge is 2.23. The van der Waals surface area contributed by atoms with Crippen molar-refractivity contribution in [2.24, 2.45) is 5.14 Å². The lowest BCUT2D eigenvalue weighted by molar-refractivity contribution is 0.494. The van der Waals surface area contributed by atoms with Crippen LogP contribution in [0.5, 0.6) is 0 Å². The quantitative estimate of drug-likeness (QED) is 0.824. The van der Waals surface area contributed by atoms with Crippen LogP contribution in [0.2, 0.25) is 0 Å². The predicted molar refractivity (Wildman–Crippen MR) is 63.1 cm³/mol. The Morgan fingerprint density at radius 1 is 1.44 bits per heavy atom. The van der Waals surface area contributed by atoms with Crippen LogP contribution < -0.4 is 5.14 Å². The summed E-state index contributed by atoms with van der Waals surface area (Å²) in [5, 5.41) is 16.5. The summed E-state index contributed by atoms with van der Waals surface area (Å²) in [4.78, 5) is 0. The van der Waals surface area contributed by atoms with E-state index >= 15 is 0 Å². The van der Waals surface area contributed by atoms with Crippen molar-refractivity contribution in [1.82, 2.24) is 24.5 Å². The molecule has 2 aromatic heterocycles. The third-order valence-corrected chi connectivity index (χ3v) is 3.42. The van der Waals surface area contributed by atoms with Gasteiger partial charge in [0, 0.05) is 18.9 Å². The minimum Gasteiger partial charge on any atom is -0.299 e. The van der Waals surface area contributed by atoms with E-state index in [0.717, 1.165) is 0 Å². The summed E-state index contributed by atoms with van der Waals surface area (Å²) >= 11 is 0. The Kier molecular flexibility index (Phi) is 3.18. The number of sulfonamides is 1. The number of rotatable bonds is 4. The number of aromatic nitrogens is 5. The van der Waals surface area contributed by atoms with Gasteiger partial charge in [0.25, 0.3) is 15.2 Å². The van der Waals surface area contributed by atoms with Crippen molar-refractivity contribution in [2.45, 2.75) is 31.6 Å². The Morgan fingerprint density at radius 2 is 2.17 bits per heavy atom. The largest absolute Gasteiger partial charge is 0.299 e. The van der Waals surface area contributed by atoms with Crippen molar-refractivity contribution in [1.29, 1.82) is 0 Å². The van der Waals surface area contributed by atoms with E-state index in [4.69, 9.17) is 5.14 Å². The molecule has 98 valence electrons. The van der Waals surface area contributed by atoms with Crippen LogP contribution in [-0.4, -0.2) is 33.0 Å². The monoisotopic (exact) mass is 270 g/mol. The van der Waals surface area contributed by atoms with Gasteiger partial charge >= 0.3 is 0 Å². The number of nitrogens with two attached hydrogens (primary N) is 1. The first-order valence-corrected chi connectivity index (χ1v) is 6.94. The highest BCUT2D eigenvalue weighted by atomic mass is 32.2. The van der Waals surface area contributed by atoms with Gasteiger partial charge in [0.15, 0.2) is 5.82 Å². The minimum atomic E-state index is -3.87. The van der Waals surface area contributed by atoms with Crippen molar-refractivity contribution in [3.8, 4) is 0 Å². The average molecular weight is 270 g/mol. The van der Waals surface area contributed by atoms with Crippen molar-refractivity contribution >= 4 is 10.0 Å². The second kappa shape index (κ2) is 4.50. The van der Waals surface area contributed by atoms with Crippen molar-refractivity contribution < 1.29 is 8.42 Å². The Labute approximate surface area is 104 Å². The van der Waals surface area contributed by atoms with Gasteiger partial charge in [0.1, 0.15) is 6.04 Å². The summed E-state index contributed by atoms with van der Waals surface area (Å²) in [6, 6.07) is 1.56. The normalized spacial score (nSPS) is 13.7. The topological polar surface area (TPSA) is 109 Å². The fourth-order valence-corrected chi connectivity index (χ4v) is 2.43. The highest BCUT2D eigenvalue weighted by Crippen LogP contribution is 2.17. The molecular formula is C9H14N6O2S. The van der Waals surface area contributed by atoms with Gasteiger partial charge in [-0.05, 0) is 19.9 Å². The fourth-order valence-electron chi connectivity index (χ4n) is 1.74. The summed E-state index contributed by atoms with van der Waals surface area (Å²) in [6.07, 6.45) is 3.42. The predicted octanol–water partition coefficient (Wildman–Crippen LogP) is -0.249. The van der Waals surface area contributed by atoms with E-state index in [9.17, 15) is 8.42 Å². The number of hydrogen-bond acceptors (Lipinski definition) is 5. The second-order valence-corrected chi connectivity index (χ2v) is 5.25. The van der Waals surface area contributed by atoms with Gasteiger partial charge in [-0.3, -0.25) is 9.25 Å². The van der Waals surface area contributed by atoms with E-state index in [1.54, 1.807) is 30.1 Å². The molecule has 0 aliphatic rings. The Balaban J connectivity index is 2.50. The summed E-state index contributed by atoms with van der Waals surface area (Å²) in [5.41, 5.74) is 0. The molecule has 0 aromatic carbocycles. The van der Waals surface area contributed by atoms with Crippen LogP contribution >= 0.6 is 0 Å². The minimum absolute atomic E-state index is 0.219. The molecule has 18 heavy (non-hydrogen) atoms. The molecule has 2 rings (SSSR count). The Bertz CT molecular complexity index is 630. The second-order valence-electron chi connectivity index (χ2n) is 3.79. The van der Waals surface area contributed by atoms with E-state index in [0.29, 0.717) is 12.4 Å². The van der Waals surface area contributed by atoms with Crippen LogP contribution in [0.4, 0.5) is 0 Å². The van der Waals surface area contributed by atoms with Crippen LogP contribution in [0.15, 0.2) is 23.6 Å². The van der Waals surface area contributed by atoms with Crippen LogP contribution in [0.3, 0.4) is 0 Å². The van der Waals surface area contributed by atoms with Crippen molar-refractivity contribution in [2.75, 3.05) is 0 Å². The van der Waals surface area contributed by atoms with Gasteiger partial charge in [0.05, 0.1) is 0 Å². The summed E-state index contributed by atoms with van der Waals surface area (Å²) in [5.74, 6) is 0.505. The maximum Gasteiger partial charge on any atom is 0.273 e.